The van der Waals surface area contributed by atoms with Gasteiger partial charge in [0.15, 0.2) is 17.5 Å². The number of rotatable bonds is 11. The van der Waals surface area contributed by atoms with Crippen molar-refractivity contribution < 1.29 is 19.3 Å². The SMILES string of the molecule is CCOc1cc(CCCNC(=NC)NCC2(CCO)CCOC2)ccc1OC.I. The van der Waals surface area contributed by atoms with Crippen LogP contribution in [0.1, 0.15) is 31.7 Å². The minimum absolute atomic E-state index is 0. The molecule has 0 spiro atoms. The van der Waals surface area contributed by atoms with Gasteiger partial charge in [-0.1, -0.05) is 6.07 Å². The van der Waals surface area contributed by atoms with E-state index in [0.717, 1.165) is 62.8 Å². The highest BCUT2D eigenvalue weighted by Crippen LogP contribution is 2.31. The Morgan fingerprint density at radius 3 is 2.76 bits per heavy atom. The Kier molecular flexibility index (Phi) is 12.3. The standard InChI is InChI=1S/C21H35N3O4.HI/c1-4-28-19-14-17(7-8-18(19)26-3)6-5-11-23-20(22-2)24-15-21(9-12-25)10-13-27-16-21;/h7-8,14,25H,4-6,9-13,15-16H2,1-3H3,(H2,22,23,24);1H. The molecule has 1 heterocycles. The molecule has 7 nitrogen and oxygen atoms in total. The first kappa shape index (κ1) is 25.8. The summed E-state index contributed by atoms with van der Waals surface area (Å²) in [6.07, 6.45) is 3.63. The Morgan fingerprint density at radius 2 is 2.14 bits per heavy atom. The first-order valence-electron chi connectivity index (χ1n) is 10.1. The molecule has 8 heteroatoms. The molecule has 1 aromatic rings. The minimum atomic E-state index is 0. The van der Waals surface area contributed by atoms with Crippen LogP contribution >= 0.6 is 24.0 Å². The number of aliphatic hydroxyl groups excluding tert-OH is 1. The van der Waals surface area contributed by atoms with E-state index >= 15 is 0 Å². The molecule has 166 valence electrons. The van der Waals surface area contributed by atoms with E-state index in [2.05, 4.69) is 21.7 Å². The third-order valence-electron chi connectivity index (χ3n) is 5.14. The van der Waals surface area contributed by atoms with Crippen molar-refractivity contribution in [1.82, 2.24) is 10.6 Å². The lowest BCUT2D eigenvalue weighted by Crippen LogP contribution is -2.44. The van der Waals surface area contributed by atoms with Crippen molar-refractivity contribution in [1.29, 1.82) is 0 Å². The number of methoxy groups -OCH3 is 1. The number of ether oxygens (including phenoxy) is 3. The number of halogens is 1. The summed E-state index contributed by atoms with van der Waals surface area (Å²) in [4.78, 5) is 4.30. The first-order chi connectivity index (χ1) is 13.7. The maximum atomic E-state index is 9.34. The lowest BCUT2D eigenvalue weighted by Gasteiger charge is -2.27. The second kappa shape index (κ2) is 13.9. The molecular weight excluding hydrogens is 485 g/mol. The van der Waals surface area contributed by atoms with Gasteiger partial charge in [-0.2, -0.15) is 0 Å². The van der Waals surface area contributed by atoms with E-state index in [9.17, 15) is 5.11 Å². The number of aliphatic imine (C=N–C) groups is 1. The molecule has 0 saturated carbocycles. The Labute approximate surface area is 191 Å². The van der Waals surface area contributed by atoms with E-state index in [1.54, 1.807) is 14.2 Å². The summed E-state index contributed by atoms with van der Waals surface area (Å²) in [5.41, 5.74) is 1.23. The average molecular weight is 521 g/mol. The van der Waals surface area contributed by atoms with Gasteiger partial charge in [-0.3, -0.25) is 4.99 Å². The molecule has 1 fully saturated rings. The number of benzene rings is 1. The van der Waals surface area contributed by atoms with Crippen molar-refractivity contribution in [2.75, 3.05) is 53.7 Å². The number of nitrogens with one attached hydrogen (secondary N) is 2. The molecule has 0 bridgehead atoms. The molecule has 0 aromatic heterocycles. The van der Waals surface area contributed by atoms with E-state index in [-0.39, 0.29) is 36.0 Å². The van der Waals surface area contributed by atoms with Crippen LogP contribution in [0.4, 0.5) is 0 Å². The van der Waals surface area contributed by atoms with E-state index in [1.165, 1.54) is 5.56 Å². The van der Waals surface area contributed by atoms with E-state index in [0.29, 0.717) is 13.2 Å². The fourth-order valence-corrected chi connectivity index (χ4v) is 3.45. The first-order valence-corrected chi connectivity index (χ1v) is 10.1. The molecule has 2 rings (SSSR count). The van der Waals surface area contributed by atoms with Crippen molar-refractivity contribution in [3.05, 3.63) is 23.8 Å². The van der Waals surface area contributed by atoms with E-state index < -0.39 is 0 Å². The van der Waals surface area contributed by atoms with Crippen LogP contribution in [0.15, 0.2) is 23.2 Å². The monoisotopic (exact) mass is 521 g/mol. The summed E-state index contributed by atoms with van der Waals surface area (Å²) in [5.74, 6) is 2.34. The highest BCUT2D eigenvalue weighted by atomic mass is 127. The van der Waals surface area contributed by atoms with Crippen LogP contribution in [0.2, 0.25) is 0 Å². The second-order valence-corrected chi connectivity index (χ2v) is 7.15. The smallest absolute Gasteiger partial charge is 0.190 e. The van der Waals surface area contributed by atoms with E-state index in [4.69, 9.17) is 14.2 Å². The molecule has 1 aliphatic heterocycles. The van der Waals surface area contributed by atoms with Crippen molar-refractivity contribution >= 4 is 29.9 Å². The third kappa shape index (κ3) is 8.18. The van der Waals surface area contributed by atoms with Crippen molar-refractivity contribution in [3.63, 3.8) is 0 Å². The van der Waals surface area contributed by atoms with Gasteiger partial charge in [-0.15, -0.1) is 24.0 Å². The van der Waals surface area contributed by atoms with Gasteiger partial charge in [-0.05, 0) is 50.3 Å². The minimum Gasteiger partial charge on any atom is -0.493 e. The summed E-state index contributed by atoms with van der Waals surface area (Å²) in [6, 6.07) is 6.08. The summed E-state index contributed by atoms with van der Waals surface area (Å²) < 4.78 is 16.5. The average Bonchev–Trinajstić information content (AvgIpc) is 3.17. The largest absolute Gasteiger partial charge is 0.493 e. The Balaban J connectivity index is 0.00000420. The molecule has 3 N–H and O–H groups in total. The molecule has 1 unspecified atom stereocenters. The third-order valence-corrected chi connectivity index (χ3v) is 5.14. The van der Waals surface area contributed by atoms with Crippen LogP contribution in [0.5, 0.6) is 11.5 Å². The predicted molar refractivity (Wildman–Crippen MR) is 127 cm³/mol. The summed E-state index contributed by atoms with van der Waals surface area (Å²) in [7, 11) is 3.43. The molecule has 0 radical (unpaired) electrons. The molecule has 29 heavy (non-hydrogen) atoms. The molecule has 1 saturated heterocycles. The van der Waals surface area contributed by atoms with E-state index in [1.807, 2.05) is 19.1 Å². The van der Waals surface area contributed by atoms with Crippen LogP contribution in [0.25, 0.3) is 0 Å². The maximum Gasteiger partial charge on any atom is 0.190 e. The number of guanidine groups is 1. The normalized spacial score (nSPS) is 18.8. The molecule has 1 atom stereocenters. The lowest BCUT2D eigenvalue weighted by atomic mass is 9.84. The summed E-state index contributed by atoms with van der Waals surface area (Å²) in [5, 5.41) is 16.1. The van der Waals surface area contributed by atoms with Gasteiger partial charge in [0.25, 0.3) is 0 Å². The van der Waals surface area contributed by atoms with Gasteiger partial charge in [0.2, 0.25) is 0 Å². The Morgan fingerprint density at radius 1 is 1.31 bits per heavy atom. The van der Waals surface area contributed by atoms with Gasteiger partial charge < -0.3 is 30.0 Å². The number of nitrogens with zero attached hydrogens (tertiary/aromatic N) is 1. The number of aliphatic hydroxyl groups is 1. The topological polar surface area (TPSA) is 84.3 Å². The highest BCUT2D eigenvalue weighted by Gasteiger charge is 2.34. The summed E-state index contributed by atoms with van der Waals surface area (Å²) in [6.45, 7) is 5.80. The zero-order valence-corrected chi connectivity index (χ0v) is 20.2. The Hall–Kier alpha value is -1.26. The zero-order chi connectivity index (χ0) is 20.2. The van der Waals surface area contributed by atoms with Crippen molar-refractivity contribution in [3.8, 4) is 11.5 Å². The molecular formula is C21H36IN3O4. The number of hydrogen-bond acceptors (Lipinski definition) is 5. The van der Waals surface area contributed by atoms with Gasteiger partial charge in [0.05, 0.1) is 20.3 Å². The lowest BCUT2D eigenvalue weighted by molar-refractivity contribution is 0.127. The number of hydrogen-bond donors (Lipinski definition) is 3. The molecule has 1 aliphatic rings. The number of aryl methyl sites for hydroxylation is 1. The molecule has 0 amide bonds. The van der Waals surface area contributed by atoms with Crippen LogP contribution in [0, 0.1) is 5.41 Å². The van der Waals surface area contributed by atoms with Crippen LogP contribution < -0.4 is 20.1 Å². The van der Waals surface area contributed by atoms with Crippen LogP contribution in [-0.4, -0.2) is 64.7 Å². The maximum absolute atomic E-state index is 9.34. The van der Waals surface area contributed by atoms with Crippen molar-refractivity contribution in [2.24, 2.45) is 10.4 Å². The van der Waals surface area contributed by atoms with Crippen molar-refractivity contribution in [2.45, 2.75) is 32.6 Å². The van der Waals surface area contributed by atoms with Gasteiger partial charge in [0, 0.05) is 38.8 Å². The molecule has 1 aromatic carbocycles. The zero-order valence-electron chi connectivity index (χ0n) is 17.8. The van der Waals surface area contributed by atoms with Crippen LogP contribution in [0.3, 0.4) is 0 Å². The van der Waals surface area contributed by atoms with Crippen LogP contribution in [-0.2, 0) is 11.2 Å². The van der Waals surface area contributed by atoms with Gasteiger partial charge >= 0.3 is 0 Å². The fourth-order valence-electron chi connectivity index (χ4n) is 3.45. The highest BCUT2D eigenvalue weighted by molar-refractivity contribution is 14.0. The quantitative estimate of drug-likeness (QED) is 0.180. The Bertz CT molecular complexity index is 622. The molecule has 0 aliphatic carbocycles. The fraction of sp³-hybridized carbons (Fsp3) is 0.667. The summed E-state index contributed by atoms with van der Waals surface area (Å²) >= 11 is 0. The predicted octanol–water partition coefficient (Wildman–Crippen LogP) is 2.60. The second-order valence-electron chi connectivity index (χ2n) is 7.15. The van der Waals surface area contributed by atoms with Gasteiger partial charge in [-0.25, -0.2) is 0 Å². The van der Waals surface area contributed by atoms with Gasteiger partial charge in [0.1, 0.15) is 0 Å².